The van der Waals surface area contributed by atoms with E-state index in [1.54, 1.807) is 12.1 Å². The van der Waals surface area contributed by atoms with Gasteiger partial charge < -0.3 is 19.5 Å². The van der Waals surface area contributed by atoms with Crippen molar-refractivity contribution in [2.75, 3.05) is 21.3 Å². The topological polar surface area (TPSA) is 56.8 Å². The third-order valence-corrected chi connectivity index (χ3v) is 4.08. The number of ether oxygens (including phenoxy) is 3. The van der Waals surface area contributed by atoms with E-state index in [9.17, 15) is 26.7 Å². The van der Waals surface area contributed by atoms with Gasteiger partial charge in [-0.1, -0.05) is 0 Å². The Morgan fingerprint density at radius 2 is 1.31 bits per heavy atom. The maximum absolute atomic E-state index is 13.8. The fourth-order valence-corrected chi connectivity index (χ4v) is 2.76. The predicted molar refractivity (Wildman–Crippen MR) is 93.0 cm³/mol. The largest absolute Gasteiger partial charge is 0.493 e. The van der Waals surface area contributed by atoms with E-state index in [-0.39, 0.29) is 6.42 Å². The van der Waals surface area contributed by atoms with Gasteiger partial charge >= 0.3 is 0 Å². The molecule has 0 radical (unpaired) electrons. The van der Waals surface area contributed by atoms with Crippen LogP contribution in [-0.2, 0) is 6.42 Å². The molecule has 158 valence electrons. The number of carbonyl (C=O) groups excluding carboxylic acids is 1. The molecular formula is C19H18F5NO4. The van der Waals surface area contributed by atoms with Gasteiger partial charge in [-0.15, -0.1) is 0 Å². The second-order valence-corrected chi connectivity index (χ2v) is 6.06. The summed E-state index contributed by atoms with van der Waals surface area (Å²) in [6, 6.07) is 2.46. The minimum absolute atomic E-state index is 0.137. The van der Waals surface area contributed by atoms with Crippen LogP contribution in [0.4, 0.5) is 22.0 Å². The summed E-state index contributed by atoms with van der Waals surface area (Å²) in [7, 11) is 4.25. The van der Waals surface area contributed by atoms with Crippen LogP contribution in [0.5, 0.6) is 17.2 Å². The lowest BCUT2D eigenvalue weighted by Gasteiger charge is -2.18. The van der Waals surface area contributed by atoms with Crippen LogP contribution in [0.15, 0.2) is 12.1 Å². The summed E-state index contributed by atoms with van der Waals surface area (Å²) in [4.78, 5) is 12.1. The number of amides is 1. The first-order valence-electron chi connectivity index (χ1n) is 8.27. The van der Waals surface area contributed by atoms with Gasteiger partial charge in [0.15, 0.2) is 34.8 Å². The Hall–Kier alpha value is -3.04. The van der Waals surface area contributed by atoms with Gasteiger partial charge in [0.25, 0.3) is 5.91 Å². The highest BCUT2D eigenvalue weighted by Crippen LogP contribution is 2.38. The van der Waals surface area contributed by atoms with Gasteiger partial charge in [-0.05, 0) is 31.0 Å². The molecule has 0 saturated carbocycles. The highest BCUT2D eigenvalue weighted by Gasteiger charge is 2.30. The quantitative estimate of drug-likeness (QED) is 0.422. The van der Waals surface area contributed by atoms with Crippen LogP contribution in [0.3, 0.4) is 0 Å². The van der Waals surface area contributed by atoms with Crippen molar-refractivity contribution in [2.24, 2.45) is 0 Å². The average molecular weight is 419 g/mol. The van der Waals surface area contributed by atoms with Crippen molar-refractivity contribution >= 4 is 5.91 Å². The van der Waals surface area contributed by atoms with Crippen LogP contribution in [-0.4, -0.2) is 33.3 Å². The first-order chi connectivity index (χ1) is 13.7. The molecule has 0 fully saturated rings. The molecule has 0 saturated heterocycles. The molecule has 2 rings (SSSR count). The first kappa shape index (κ1) is 22.3. The van der Waals surface area contributed by atoms with E-state index in [1.165, 1.54) is 28.3 Å². The van der Waals surface area contributed by atoms with Crippen molar-refractivity contribution in [3.05, 3.63) is 52.3 Å². The first-order valence-corrected chi connectivity index (χ1v) is 8.27. The molecule has 1 unspecified atom stereocenters. The van der Waals surface area contributed by atoms with Crippen LogP contribution in [0.1, 0.15) is 22.8 Å². The van der Waals surface area contributed by atoms with E-state index in [4.69, 9.17) is 14.2 Å². The maximum atomic E-state index is 13.8. The zero-order valence-electron chi connectivity index (χ0n) is 16.0. The summed E-state index contributed by atoms with van der Waals surface area (Å²) < 4.78 is 82.9. The molecule has 1 N–H and O–H groups in total. The molecule has 0 aromatic heterocycles. The number of rotatable bonds is 7. The monoisotopic (exact) mass is 419 g/mol. The summed E-state index contributed by atoms with van der Waals surface area (Å²) in [5.41, 5.74) is -0.942. The highest BCUT2D eigenvalue weighted by molar-refractivity contribution is 5.95. The zero-order valence-corrected chi connectivity index (χ0v) is 16.0. The Labute approximate surface area is 163 Å². The number of methoxy groups -OCH3 is 3. The molecule has 0 aliphatic heterocycles. The Kier molecular flexibility index (Phi) is 6.89. The normalized spacial score (nSPS) is 11.8. The zero-order chi connectivity index (χ0) is 21.9. The predicted octanol–water partition coefficient (Wildman–Crippen LogP) is 3.77. The van der Waals surface area contributed by atoms with E-state index in [2.05, 4.69) is 5.32 Å². The van der Waals surface area contributed by atoms with Gasteiger partial charge in [0.05, 0.1) is 21.3 Å². The summed E-state index contributed by atoms with van der Waals surface area (Å²) in [6.45, 7) is 1.49. The van der Waals surface area contributed by atoms with Gasteiger partial charge in [0, 0.05) is 6.04 Å². The molecule has 0 bridgehead atoms. The van der Waals surface area contributed by atoms with Crippen molar-refractivity contribution in [3.8, 4) is 17.2 Å². The molecule has 2 aromatic carbocycles. The van der Waals surface area contributed by atoms with Crippen LogP contribution in [0, 0.1) is 29.1 Å². The minimum atomic E-state index is -2.33. The minimum Gasteiger partial charge on any atom is -0.493 e. The van der Waals surface area contributed by atoms with Gasteiger partial charge in [-0.3, -0.25) is 4.79 Å². The fraction of sp³-hybridized carbons (Fsp3) is 0.316. The molecule has 1 amide bonds. The second kappa shape index (κ2) is 8.97. The van der Waals surface area contributed by atoms with Crippen molar-refractivity contribution in [2.45, 2.75) is 19.4 Å². The summed E-state index contributed by atoms with van der Waals surface area (Å²) in [6.07, 6.45) is 0.137. The van der Waals surface area contributed by atoms with Crippen molar-refractivity contribution in [3.63, 3.8) is 0 Å². The molecule has 29 heavy (non-hydrogen) atoms. The number of carbonyl (C=O) groups is 1. The van der Waals surface area contributed by atoms with Gasteiger partial charge in [-0.25, -0.2) is 22.0 Å². The standard InChI is InChI=1S/C19H18F5NO4/c1-8(5-9-6-10(27-2)18(29-4)11(7-9)28-3)25-19(26)12-13(20)15(22)17(24)16(23)14(12)21/h6-8H,5H2,1-4H3,(H,25,26). The van der Waals surface area contributed by atoms with E-state index >= 15 is 0 Å². The molecule has 0 heterocycles. The van der Waals surface area contributed by atoms with Crippen LogP contribution >= 0.6 is 0 Å². The number of halogens is 5. The van der Waals surface area contributed by atoms with Crippen LogP contribution < -0.4 is 19.5 Å². The molecule has 2 aromatic rings. The Morgan fingerprint density at radius 1 is 0.862 bits per heavy atom. The number of hydrogen-bond donors (Lipinski definition) is 1. The average Bonchev–Trinajstić information content (AvgIpc) is 2.69. The summed E-state index contributed by atoms with van der Waals surface area (Å²) in [5, 5.41) is 2.22. The SMILES string of the molecule is COc1cc(CC(C)NC(=O)c2c(F)c(F)c(F)c(F)c2F)cc(OC)c1OC. The number of benzene rings is 2. The van der Waals surface area contributed by atoms with Crippen molar-refractivity contribution in [1.29, 1.82) is 0 Å². The Balaban J connectivity index is 2.26. The lowest BCUT2D eigenvalue weighted by molar-refractivity contribution is 0.0928. The molecule has 5 nitrogen and oxygen atoms in total. The highest BCUT2D eigenvalue weighted by atomic mass is 19.2. The summed E-state index contributed by atoms with van der Waals surface area (Å²) in [5.74, 6) is -11.5. The number of nitrogens with one attached hydrogen (secondary N) is 1. The van der Waals surface area contributed by atoms with E-state index < -0.39 is 46.6 Å². The molecular weight excluding hydrogens is 401 g/mol. The molecule has 0 aliphatic carbocycles. The van der Waals surface area contributed by atoms with E-state index in [1.807, 2.05) is 0 Å². The molecule has 1 atom stereocenters. The van der Waals surface area contributed by atoms with Crippen LogP contribution in [0.2, 0.25) is 0 Å². The van der Waals surface area contributed by atoms with Crippen molar-refractivity contribution < 1.29 is 41.0 Å². The Morgan fingerprint density at radius 3 is 1.72 bits per heavy atom. The lowest BCUT2D eigenvalue weighted by Crippen LogP contribution is -2.35. The Bertz CT molecular complexity index is 881. The third kappa shape index (κ3) is 4.36. The van der Waals surface area contributed by atoms with E-state index in [0.29, 0.717) is 22.8 Å². The van der Waals surface area contributed by atoms with Crippen LogP contribution in [0.25, 0.3) is 0 Å². The second-order valence-electron chi connectivity index (χ2n) is 6.06. The van der Waals surface area contributed by atoms with Gasteiger partial charge in [0.2, 0.25) is 11.6 Å². The summed E-state index contributed by atoms with van der Waals surface area (Å²) >= 11 is 0. The molecule has 0 aliphatic rings. The smallest absolute Gasteiger partial charge is 0.257 e. The van der Waals surface area contributed by atoms with Gasteiger partial charge in [0.1, 0.15) is 5.56 Å². The maximum Gasteiger partial charge on any atom is 0.257 e. The van der Waals surface area contributed by atoms with E-state index in [0.717, 1.165) is 0 Å². The lowest BCUT2D eigenvalue weighted by atomic mass is 10.0. The fourth-order valence-electron chi connectivity index (χ4n) is 2.76. The molecule has 0 spiro atoms. The number of hydrogen-bond acceptors (Lipinski definition) is 4. The molecule has 10 heteroatoms. The third-order valence-electron chi connectivity index (χ3n) is 4.08. The van der Waals surface area contributed by atoms with Gasteiger partial charge in [-0.2, -0.15) is 0 Å². The van der Waals surface area contributed by atoms with Crippen molar-refractivity contribution in [1.82, 2.24) is 5.32 Å².